The molecule has 1 saturated heterocycles. The summed E-state index contributed by atoms with van der Waals surface area (Å²) in [6.07, 6.45) is 5.70. The molecule has 0 aromatic carbocycles. The lowest BCUT2D eigenvalue weighted by Gasteiger charge is -2.32. The van der Waals surface area contributed by atoms with Crippen LogP contribution in [0.4, 0.5) is 10.7 Å². The Labute approximate surface area is 135 Å². The number of thiophene rings is 1. The molecule has 6 heteroatoms. The first-order chi connectivity index (χ1) is 10.1. The summed E-state index contributed by atoms with van der Waals surface area (Å²) in [5.74, 6) is 0.533. The van der Waals surface area contributed by atoms with Crippen LogP contribution in [-0.4, -0.2) is 31.9 Å². The summed E-state index contributed by atoms with van der Waals surface area (Å²) in [5, 5.41) is 1.14. The van der Waals surface area contributed by atoms with Gasteiger partial charge in [0.1, 0.15) is 9.88 Å². The predicted molar refractivity (Wildman–Crippen MR) is 91.7 cm³/mol. The van der Waals surface area contributed by atoms with Crippen molar-refractivity contribution in [1.82, 2.24) is 0 Å². The molecule has 2 heterocycles. The van der Waals surface area contributed by atoms with Crippen LogP contribution in [0, 0.1) is 5.92 Å². The van der Waals surface area contributed by atoms with E-state index in [0.29, 0.717) is 17.2 Å². The normalized spacial score (nSPS) is 16.2. The molecule has 0 bridgehead atoms. The van der Waals surface area contributed by atoms with Gasteiger partial charge in [0.15, 0.2) is 0 Å². The van der Waals surface area contributed by atoms with Crippen molar-refractivity contribution in [2.24, 2.45) is 5.92 Å². The van der Waals surface area contributed by atoms with Crippen LogP contribution < -0.4 is 10.6 Å². The molecular weight excluding hydrogens is 304 g/mol. The number of nitrogen functional groups attached to an aromatic ring is 1. The average molecular weight is 329 g/mol. The zero-order valence-corrected chi connectivity index (χ0v) is 14.6. The van der Waals surface area contributed by atoms with E-state index in [4.69, 9.17) is 10.5 Å². The van der Waals surface area contributed by atoms with E-state index in [1.54, 1.807) is 11.8 Å². The number of carbonyl (C=O) groups is 1. The van der Waals surface area contributed by atoms with Gasteiger partial charge in [-0.3, -0.25) is 0 Å². The first-order valence-electron chi connectivity index (χ1n) is 7.50. The lowest BCUT2D eigenvalue weighted by Crippen LogP contribution is -2.33. The Morgan fingerprint density at radius 1 is 1.43 bits per heavy atom. The molecule has 0 aliphatic carbocycles. The third-order valence-corrected chi connectivity index (χ3v) is 6.22. The van der Waals surface area contributed by atoms with Gasteiger partial charge in [-0.05, 0) is 31.9 Å². The van der Waals surface area contributed by atoms with Gasteiger partial charge in [-0.15, -0.1) is 23.1 Å². The second kappa shape index (κ2) is 7.40. The van der Waals surface area contributed by atoms with Gasteiger partial charge < -0.3 is 15.4 Å². The Morgan fingerprint density at radius 2 is 2.10 bits per heavy atom. The Morgan fingerprint density at radius 3 is 2.62 bits per heavy atom. The Kier molecular flexibility index (Phi) is 5.81. The van der Waals surface area contributed by atoms with Gasteiger partial charge in [0.05, 0.1) is 17.2 Å². The van der Waals surface area contributed by atoms with Crippen molar-refractivity contribution < 1.29 is 9.53 Å². The molecule has 1 aromatic rings. The molecule has 0 amide bonds. The highest BCUT2D eigenvalue weighted by molar-refractivity contribution is 7.99. The maximum Gasteiger partial charge on any atom is 0.350 e. The number of piperidine rings is 1. The van der Waals surface area contributed by atoms with Gasteiger partial charge in [-0.2, -0.15) is 0 Å². The number of thioether (sulfide) groups is 1. The summed E-state index contributed by atoms with van der Waals surface area (Å²) in [5.41, 5.74) is 6.75. The predicted octanol–water partition coefficient (Wildman–Crippen LogP) is 3.86. The molecule has 4 nitrogen and oxygen atoms in total. The number of rotatable bonds is 5. The SMILES string of the molecule is CCOC(=O)c1sc(N2CCC(CC)CC2)c(SC)c1N. The van der Waals surface area contributed by atoms with Crippen LogP contribution in [0.5, 0.6) is 0 Å². The first-order valence-corrected chi connectivity index (χ1v) is 9.54. The number of esters is 1. The maximum absolute atomic E-state index is 12.0. The van der Waals surface area contributed by atoms with E-state index in [0.717, 1.165) is 28.9 Å². The number of carbonyl (C=O) groups excluding carboxylic acids is 1. The third-order valence-electron chi connectivity index (χ3n) is 4.03. The van der Waals surface area contributed by atoms with Gasteiger partial charge in [-0.25, -0.2) is 4.79 Å². The number of ether oxygens (including phenoxy) is 1. The van der Waals surface area contributed by atoms with Crippen LogP contribution in [0.25, 0.3) is 0 Å². The largest absolute Gasteiger partial charge is 0.462 e. The molecule has 0 atom stereocenters. The third kappa shape index (κ3) is 3.48. The minimum Gasteiger partial charge on any atom is -0.462 e. The highest BCUT2D eigenvalue weighted by Crippen LogP contribution is 2.45. The van der Waals surface area contributed by atoms with E-state index in [9.17, 15) is 4.79 Å². The van der Waals surface area contributed by atoms with Gasteiger partial charge in [0.25, 0.3) is 0 Å². The van der Waals surface area contributed by atoms with Crippen LogP contribution in [0.2, 0.25) is 0 Å². The van der Waals surface area contributed by atoms with Crippen molar-refractivity contribution >= 4 is 39.8 Å². The van der Waals surface area contributed by atoms with Crippen LogP contribution in [-0.2, 0) is 4.74 Å². The fourth-order valence-electron chi connectivity index (χ4n) is 2.71. The number of hydrogen-bond acceptors (Lipinski definition) is 6. The maximum atomic E-state index is 12.0. The van der Waals surface area contributed by atoms with Crippen LogP contribution in [0.3, 0.4) is 0 Å². The van der Waals surface area contributed by atoms with Gasteiger partial charge >= 0.3 is 5.97 Å². The number of anilines is 2. The quantitative estimate of drug-likeness (QED) is 0.657. The smallest absolute Gasteiger partial charge is 0.350 e. The first kappa shape index (κ1) is 16.5. The van der Waals surface area contributed by atoms with E-state index in [2.05, 4.69) is 11.8 Å². The molecule has 0 spiro atoms. The summed E-state index contributed by atoms with van der Waals surface area (Å²) >= 11 is 3.09. The molecule has 118 valence electrons. The highest BCUT2D eigenvalue weighted by atomic mass is 32.2. The fraction of sp³-hybridized carbons (Fsp3) is 0.667. The van der Waals surface area contributed by atoms with E-state index >= 15 is 0 Å². The van der Waals surface area contributed by atoms with Crippen LogP contribution in [0.1, 0.15) is 42.8 Å². The second-order valence-corrected chi connectivity index (χ2v) is 7.06. The summed E-state index contributed by atoms with van der Waals surface area (Å²) in [4.78, 5) is 16.0. The molecule has 1 aliphatic heterocycles. The van der Waals surface area contributed by atoms with Crippen molar-refractivity contribution in [2.45, 2.75) is 38.0 Å². The minimum absolute atomic E-state index is 0.301. The van der Waals surface area contributed by atoms with Crippen LogP contribution in [0.15, 0.2) is 4.90 Å². The molecule has 1 aliphatic rings. The molecule has 0 unspecified atom stereocenters. The molecule has 21 heavy (non-hydrogen) atoms. The lowest BCUT2D eigenvalue weighted by molar-refractivity contribution is 0.0533. The van der Waals surface area contributed by atoms with E-state index in [1.807, 2.05) is 13.2 Å². The zero-order chi connectivity index (χ0) is 15.4. The molecular formula is C15H24N2O2S2. The molecule has 0 radical (unpaired) electrons. The Balaban J connectivity index is 2.23. The topological polar surface area (TPSA) is 55.6 Å². The Hall–Kier alpha value is -0.880. The Bertz CT molecular complexity index is 494. The minimum atomic E-state index is -0.301. The molecule has 0 saturated carbocycles. The summed E-state index contributed by atoms with van der Waals surface area (Å²) in [6.45, 7) is 6.55. The standard InChI is InChI=1S/C15H24N2O2S2/c1-4-10-6-8-17(9-7-10)14-12(20-3)11(16)13(21-14)15(18)19-5-2/h10H,4-9,16H2,1-3H3. The summed E-state index contributed by atoms with van der Waals surface area (Å²) in [7, 11) is 0. The van der Waals surface area contributed by atoms with Crippen molar-refractivity contribution in [3.63, 3.8) is 0 Å². The van der Waals surface area contributed by atoms with Crippen molar-refractivity contribution in [3.05, 3.63) is 4.88 Å². The van der Waals surface area contributed by atoms with Gasteiger partial charge in [0.2, 0.25) is 0 Å². The summed E-state index contributed by atoms with van der Waals surface area (Å²) in [6, 6.07) is 0. The molecule has 1 fully saturated rings. The monoisotopic (exact) mass is 328 g/mol. The number of hydrogen-bond donors (Lipinski definition) is 1. The van der Waals surface area contributed by atoms with Crippen molar-refractivity contribution in [1.29, 1.82) is 0 Å². The second-order valence-electron chi connectivity index (χ2n) is 5.24. The summed E-state index contributed by atoms with van der Waals surface area (Å²) < 4.78 is 5.11. The number of nitrogens with two attached hydrogens (primary N) is 1. The molecule has 1 aromatic heterocycles. The zero-order valence-electron chi connectivity index (χ0n) is 13.0. The lowest BCUT2D eigenvalue weighted by atomic mass is 9.95. The number of nitrogens with zero attached hydrogens (tertiary/aromatic N) is 1. The highest BCUT2D eigenvalue weighted by Gasteiger charge is 2.27. The van der Waals surface area contributed by atoms with Gasteiger partial charge in [0, 0.05) is 13.1 Å². The van der Waals surface area contributed by atoms with Gasteiger partial charge in [-0.1, -0.05) is 13.3 Å². The average Bonchev–Trinajstić information content (AvgIpc) is 2.84. The molecule has 2 rings (SSSR count). The van der Waals surface area contributed by atoms with E-state index < -0.39 is 0 Å². The van der Waals surface area contributed by atoms with Crippen molar-refractivity contribution in [3.8, 4) is 0 Å². The molecule has 2 N–H and O–H groups in total. The van der Waals surface area contributed by atoms with Crippen molar-refractivity contribution in [2.75, 3.05) is 36.6 Å². The fourth-order valence-corrected chi connectivity index (χ4v) is 4.84. The van der Waals surface area contributed by atoms with E-state index in [1.165, 1.54) is 30.6 Å². The van der Waals surface area contributed by atoms with Crippen LogP contribution >= 0.6 is 23.1 Å². The van der Waals surface area contributed by atoms with E-state index in [-0.39, 0.29) is 5.97 Å².